The molecule has 0 bridgehead atoms. The van der Waals surface area contributed by atoms with Crippen molar-refractivity contribution in [3.05, 3.63) is 30.3 Å². The zero-order chi connectivity index (χ0) is 11.1. The summed E-state index contributed by atoms with van der Waals surface area (Å²) in [7, 11) is 0. The van der Waals surface area contributed by atoms with Crippen molar-refractivity contribution >= 4 is 0 Å². The van der Waals surface area contributed by atoms with E-state index in [2.05, 4.69) is 20.8 Å². The lowest BCUT2D eigenvalue weighted by Gasteiger charge is -2.26. The predicted molar refractivity (Wildman–Crippen MR) is 65.3 cm³/mol. The summed E-state index contributed by atoms with van der Waals surface area (Å²) in [5, 5.41) is 0. The number of unbranched alkanes of at least 4 members (excludes halogenated alkanes) is 2. The largest absolute Gasteiger partial charge is 0.488 e. The molecule has 1 rings (SSSR count). The third-order valence-electron chi connectivity index (χ3n) is 2.52. The van der Waals surface area contributed by atoms with Gasteiger partial charge in [0.1, 0.15) is 11.4 Å². The molecule has 0 aliphatic heterocycles. The van der Waals surface area contributed by atoms with Crippen molar-refractivity contribution in [3.8, 4) is 5.75 Å². The number of rotatable bonds is 6. The lowest BCUT2D eigenvalue weighted by atomic mass is 10.0. The molecule has 0 unspecified atom stereocenters. The Balaban J connectivity index is 2.42. The highest BCUT2D eigenvalue weighted by Gasteiger charge is 2.18. The molecule has 0 saturated carbocycles. The first-order valence-corrected chi connectivity index (χ1v) is 5.88. The Kier molecular flexibility index (Phi) is 4.67. The van der Waals surface area contributed by atoms with Gasteiger partial charge in [0.25, 0.3) is 0 Å². The smallest absolute Gasteiger partial charge is 0.120 e. The van der Waals surface area contributed by atoms with Crippen molar-refractivity contribution in [3.63, 3.8) is 0 Å². The Labute approximate surface area is 93.5 Å². The minimum Gasteiger partial charge on any atom is -0.488 e. The van der Waals surface area contributed by atoms with Gasteiger partial charge in [0.05, 0.1) is 0 Å². The first kappa shape index (κ1) is 12.1. The normalized spacial score (nSPS) is 11.4. The zero-order valence-electron chi connectivity index (χ0n) is 10.1. The molecule has 0 N–H and O–H groups in total. The van der Waals surface area contributed by atoms with E-state index < -0.39 is 0 Å². The van der Waals surface area contributed by atoms with Crippen LogP contribution < -0.4 is 4.74 Å². The third kappa shape index (κ3) is 4.87. The second kappa shape index (κ2) is 5.79. The summed E-state index contributed by atoms with van der Waals surface area (Å²) in [6, 6.07) is 10.1. The Morgan fingerprint density at radius 1 is 1.07 bits per heavy atom. The molecule has 0 fully saturated rings. The van der Waals surface area contributed by atoms with Crippen LogP contribution in [0.1, 0.15) is 46.5 Å². The zero-order valence-corrected chi connectivity index (χ0v) is 10.1. The monoisotopic (exact) mass is 206 g/mol. The predicted octanol–water partition coefficient (Wildman–Crippen LogP) is 4.42. The second-order valence-electron chi connectivity index (χ2n) is 4.63. The van der Waals surface area contributed by atoms with Gasteiger partial charge in [-0.05, 0) is 38.8 Å². The maximum absolute atomic E-state index is 5.95. The summed E-state index contributed by atoms with van der Waals surface area (Å²) in [6.07, 6.45) is 4.93. The average molecular weight is 206 g/mol. The maximum Gasteiger partial charge on any atom is 0.120 e. The molecular formula is C14H22O. The van der Waals surface area contributed by atoms with Crippen LogP contribution in [-0.4, -0.2) is 5.60 Å². The van der Waals surface area contributed by atoms with E-state index in [0.29, 0.717) is 0 Å². The van der Waals surface area contributed by atoms with Crippen LogP contribution in [0.2, 0.25) is 0 Å². The van der Waals surface area contributed by atoms with Crippen molar-refractivity contribution in [2.45, 2.75) is 52.1 Å². The number of hydrogen-bond acceptors (Lipinski definition) is 1. The van der Waals surface area contributed by atoms with Crippen LogP contribution in [0.15, 0.2) is 30.3 Å². The molecule has 0 radical (unpaired) electrons. The van der Waals surface area contributed by atoms with Crippen LogP contribution in [0.5, 0.6) is 5.75 Å². The van der Waals surface area contributed by atoms with Gasteiger partial charge >= 0.3 is 0 Å². The Bertz CT molecular complexity index is 264. The average Bonchev–Trinajstić information content (AvgIpc) is 2.18. The number of benzene rings is 1. The Morgan fingerprint density at radius 3 is 2.33 bits per heavy atom. The van der Waals surface area contributed by atoms with Gasteiger partial charge in [0.2, 0.25) is 0 Å². The van der Waals surface area contributed by atoms with Gasteiger partial charge in [-0.1, -0.05) is 38.0 Å². The van der Waals surface area contributed by atoms with E-state index in [1.807, 2.05) is 30.3 Å². The molecule has 0 heterocycles. The van der Waals surface area contributed by atoms with Crippen molar-refractivity contribution in [2.24, 2.45) is 0 Å². The number of hydrogen-bond donors (Lipinski definition) is 0. The van der Waals surface area contributed by atoms with E-state index >= 15 is 0 Å². The fraction of sp³-hybridized carbons (Fsp3) is 0.571. The molecule has 0 atom stereocenters. The van der Waals surface area contributed by atoms with E-state index in [1.54, 1.807) is 0 Å². The maximum atomic E-state index is 5.95. The lowest BCUT2D eigenvalue weighted by Crippen LogP contribution is -2.27. The minimum atomic E-state index is -0.0451. The van der Waals surface area contributed by atoms with Crippen LogP contribution in [0.4, 0.5) is 0 Å². The van der Waals surface area contributed by atoms with E-state index in [-0.39, 0.29) is 5.60 Å². The highest BCUT2D eigenvalue weighted by atomic mass is 16.5. The minimum absolute atomic E-state index is 0.0451. The molecule has 1 heteroatoms. The van der Waals surface area contributed by atoms with Gasteiger partial charge in [-0.15, -0.1) is 0 Å². The van der Waals surface area contributed by atoms with Crippen LogP contribution in [0, 0.1) is 0 Å². The van der Waals surface area contributed by atoms with Crippen molar-refractivity contribution < 1.29 is 4.74 Å². The van der Waals surface area contributed by atoms with Gasteiger partial charge in [0.15, 0.2) is 0 Å². The molecule has 0 aliphatic carbocycles. The molecule has 0 aliphatic rings. The van der Waals surface area contributed by atoms with E-state index in [1.165, 1.54) is 19.3 Å². The fourth-order valence-electron chi connectivity index (χ4n) is 1.66. The lowest BCUT2D eigenvalue weighted by molar-refractivity contribution is 0.0963. The van der Waals surface area contributed by atoms with Gasteiger partial charge in [-0.3, -0.25) is 0 Å². The van der Waals surface area contributed by atoms with Crippen molar-refractivity contribution in [2.75, 3.05) is 0 Å². The summed E-state index contributed by atoms with van der Waals surface area (Å²) in [4.78, 5) is 0. The molecule has 0 spiro atoms. The summed E-state index contributed by atoms with van der Waals surface area (Å²) in [5.74, 6) is 0.971. The highest BCUT2D eigenvalue weighted by molar-refractivity contribution is 5.21. The van der Waals surface area contributed by atoms with Gasteiger partial charge in [-0.25, -0.2) is 0 Å². The highest BCUT2D eigenvalue weighted by Crippen LogP contribution is 2.22. The van der Waals surface area contributed by atoms with Crippen molar-refractivity contribution in [1.82, 2.24) is 0 Å². The van der Waals surface area contributed by atoms with E-state index in [9.17, 15) is 0 Å². The Hall–Kier alpha value is -0.980. The topological polar surface area (TPSA) is 9.23 Å². The molecule has 15 heavy (non-hydrogen) atoms. The first-order valence-electron chi connectivity index (χ1n) is 5.88. The van der Waals surface area contributed by atoms with Crippen LogP contribution in [-0.2, 0) is 0 Å². The summed E-state index contributed by atoms with van der Waals surface area (Å²) >= 11 is 0. The van der Waals surface area contributed by atoms with E-state index in [4.69, 9.17) is 4.74 Å². The van der Waals surface area contributed by atoms with Crippen LogP contribution in [0.3, 0.4) is 0 Å². The molecule has 1 aromatic rings. The fourth-order valence-corrected chi connectivity index (χ4v) is 1.66. The van der Waals surface area contributed by atoms with Crippen LogP contribution >= 0.6 is 0 Å². The number of para-hydroxylation sites is 1. The standard InChI is InChI=1S/C14H22O/c1-4-5-9-12-14(2,3)15-13-10-7-6-8-11-13/h6-8,10-11H,4-5,9,12H2,1-3H3. The molecule has 0 saturated heterocycles. The SMILES string of the molecule is CCCCCC(C)(C)Oc1ccccc1. The second-order valence-corrected chi connectivity index (χ2v) is 4.63. The molecule has 1 nitrogen and oxygen atoms in total. The third-order valence-corrected chi connectivity index (χ3v) is 2.52. The molecule has 84 valence electrons. The first-order chi connectivity index (χ1) is 7.14. The summed E-state index contributed by atoms with van der Waals surface area (Å²) < 4.78 is 5.95. The van der Waals surface area contributed by atoms with Gasteiger partial charge in [0, 0.05) is 0 Å². The van der Waals surface area contributed by atoms with Gasteiger partial charge < -0.3 is 4.74 Å². The van der Waals surface area contributed by atoms with Crippen LogP contribution in [0.25, 0.3) is 0 Å². The van der Waals surface area contributed by atoms with E-state index in [0.717, 1.165) is 12.2 Å². The molecule has 1 aromatic carbocycles. The summed E-state index contributed by atoms with van der Waals surface area (Å²) in [6.45, 7) is 6.55. The molecule has 0 amide bonds. The summed E-state index contributed by atoms with van der Waals surface area (Å²) in [5.41, 5.74) is -0.0451. The molecular weight excluding hydrogens is 184 g/mol. The van der Waals surface area contributed by atoms with Gasteiger partial charge in [-0.2, -0.15) is 0 Å². The van der Waals surface area contributed by atoms with Crippen molar-refractivity contribution in [1.29, 1.82) is 0 Å². The Morgan fingerprint density at radius 2 is 1.73 bits per heavy atom. The quantitative estimate of drug-likeness (QED) is 0.626. The molecule has 0 aromatic heterocycles. The number of ether oxygens (including phenoxy) is 1.